The Balaban J connectivity index is 0.956. The van der Waals surface area contributed by atoms with Gasteiger partial charge in [0.2, 0.25) is 0 Å². The molecule has 0 atom stereocenters. The number of ether oxygens (including phenoxy) is 1. The molecule has 9 rings (SSSR count). The predicted octanol–water partition coefficient (Wildman–Crippen LogP) is 19.0. The third-order valence-corrected chi connectivity index (χ3v) is 13.8. The Bertz CT molecular complexity index is 3320. The Morgan fingerprint density at radius 2 is 0.676 bits per heavy atom. The average Bonchev–Trinajstić information content (AvgIpc) is 3.40. The third kappa shape index (κ3) is 10.7. The normalized spacial score (nSPS) is 11.4. The third-order valence-electron chi connectivity index (χ3n) is 13.8. The Morgan fingerprint density at radius 3 is 1.04 bits per heavy atom. The van der Waals surface area contributed by atoms with Crippen molar-refractivity contribution in [3.8, 4) is 28.0 Å². The van der Waals surface area contributed by atoms with Crippen LogP contribution in [0.4, 0.5) is 34.1 Å². The van der Waals surface area contributed by atoms with Crippen molar-refractivity contribution in [3.05, 3.63) is 255 Å². The molecule has 0 unspecified atom stereocenters. The van der Waals surface area contributed by atoms with Gasteiger partial charge < -0.3 is 14.5 Å². The fourth-order valence-corrected chi connectivity index (χ4v) is 9.65. The lowest BCUT2D eigenvalue weighted by Gasteiger charge is -2.29. The molecule has 0 N–H and O–H groups in total. The van der Waals surface area contributed by atoms with Crippen molar-refractivity contribution in [2.24, 2.45) is 0 Å². The first-order valence-corrected chi connectivity index (χ1v) is 25.0. The van der Waals surface area contributed by atoms with Crippen LogP contribution in [0.15, 0.2) is 194 Å². The van der Waals surface area contributed by atoms with Gasteiger partial charge in [0, 0.05) is 22.7 Å². The maximum absolute atomic E-state index is 5.47. The van der Waals surface area contributed by atoms with E-state index in [9.17, 15) is 0 Å². The Hall–Kier alpha value is -8.14. The summed E-state index contributed by atoms with van der Waals surface area (Å²) >= 11 is 0. The second kappa shape index (κ2) is 21.7. The van der Waals surface area contributed by atoms with E-state index in [0.717, 1.165) is 58.0 Å². The van der Waals surface area contributed by atoms with Crippen molar-refractivity contribution < 1.29 is 4.74 Å². The Kier molecular flexibility index (Phi) is 14.6. The van der Waals surface area contributed by atoms with Crippen LogP contribution in [0.1, 0.15) is 75.0 Å². The van der Waals surface area contributed by atoms with E-state index in [1.54, 1.807) is 7.11 Å². The largest absolute Gasteiger partial charge is 0.496 e. The molecule has 9 aromatic rings. The van der Waals surface area contributed by atoms with Crippen LogP contribution in [0.2, 0.25) is 0 Å². The zero-order valence-corrected chi connectivity index (χ0v) is 42.5. The minimum atomic E-state index is 0.904. The van der Waals surface area contributed by atoms with Crippen molar-refractivity contribution >= 4 is 58.4 Å². The lowest BCUT2D eigenvalue weighted by Crippen LogP contribution is -2.13. The minimum absolute atomic E-state index is 0.904. The second-order valence-electron chi connectivity index (χ2n) is 18.6. The average molecular weight is 925 g/mol. The highest BCUT2D eigenvalue weighted by atomic mass is 16.5. The first-order valence-electron chi connectivity index (χ1n) is 25.0. The first kappa shape index (κ1) is 47.9. The van der Waals surface area contributed by atoms with Gasteiger partial charge in [-0.15, -0.1) is 0 Å². The summed E-state index contributed by atoms with van der Waals surface area (Å²) in [6.07, 6.45) is 10.6. The molecule has 0 aliphatic carbocycles. The molecule has 0 saturated carbocycles. The summed E-state index contributed by atoms with van der Waals surface area (Å²) in [6.45, 7) is 15.3. The van der Waals surface area contributed by atoms with E-state index in [1.165, 1.54) is 78.1 Å². The van der Waals surface area contributed by atoms with E-state index in [1.807, 2.05) is 6.07 Å². The molecule has 0 fully saturated rings. The molecule has 0 heterocycles. The monoisotopic (exact) mass is 925 g/mol. The van der Waals surface area contributed by atoms with Crippen molar-refractivity contribution in [2.45, 2.75) is 61.3 Å². The molecule has 9 aromatic carbocycles. The number of para-hydroxylation sites is 2. The number of aryl methyl sites for hydroxylation is 7. The molecule has 3 heteroatoms. The van der Waals surface area contributed by atoms with Crippen molar-refractivity contribution in [3.63, 3.8) is 0 Å². The van der Waals surface area contributed by atoms with E-state index in [0.29, 0.717) is 0 Å². The molecule has 0 radical (unpaired) electrons. The summed E-state index contributed by atoms with van der Waals surface area (Å²) in [5.41, 5.74) is 25.3. The van der Waals surface area contributed by atoms with Crippen LogP contribution in [-0.4, -0.2) is 7.11 Å². The van der Waals surface area contributed by atoms with Gasteiger partial charge in [0.25, 0.3) is 0 Å². The fraction of sp³-hybridized carbons (Fsp3) is 0.147. The number of anilines is 6. The highest BCUT2D eigenvalue weighted by Gasteiger charge is 2.20. The number of hydrogen-bond acceptors (Lipinski definition) is 3. The van der Waals surface area contributed by atoms with Crippen LogP contribution in [0.3, 0.4) is 0 Å². The van der Waals surface area contributed by atoms with Gasteiger partial charge in [-0.2, -0.15) is 0 Å². The highest BCUT2D eigenvalue weighted by Crippen LogP contribution is 2.42. The van der Waals surface area contributed by atoms with Crippen LogP contribution in [0.25, 0.3) is 46.6 Å². The maximum atomic E-state index is 5.47. The number of benzene rings is 9. The minimum Gasteiger partial charge on any atom is -0.496 e. The molecule has 0 spiro atoms. The van der Waals surface area contributed by atoms with Crippen molar-refractivity contribution in [1.29, 1.82) is 0 Å². The smallest absolute Gasteiger partial charge is 0.121 e. The number of methoxy groups -OCH3 is 1. The highest BCUT2D eigenvalue weighted by molar-refractivity contribution is 5.85. The molecular weight excluding hydrogens is 861 g/mol. The summed E-state index contributed by atoms with van der Waals surface area (Å²) in [5, 5.41) is 0. The van der Waals surface area contributed by atoms with Crippen LogP contribution < -0.4 is 14.5 Å². The van der Waals surface area contributed by atoms with Crippen LogP contribution in [0.5, 0.6) is 5.75 Å². The molecule has 0 bridgehead atoms. The molecular formula is C68H64N2O. The molecule has 0 aromatic heterocycles. The van der Waals surface area contributed by atoms with Gasteiger partial charge in [0.15, 0.2) is 0 Å². The Labute approximate surface area is 422 Å². The SMILES string of the molecule is CCc1cccc(C)c1N(c1ccc(/C=C/c2ccc(C)c(C)c2)cc1)c1ccc(-c2ccc(-c3ccc(N(c4ccc(/C=C/c5ccc(OC)c(C)c5)cc4)c4c(C)cccc4CC)cc3)cc2)cc1. The quantitative estimate of drug-likeness (QED) is 0.0953. The van der Waals surface area contributed by atoms with Crippen molar-refractivity contribution in [2.75, 3.05) is 16.9 Å². The van der Waals surface area contributed by atoms with Gasteiger partial charge in [-0.1, -0.05) is 172 Å². The van der Waals surface area contributed by atoms with Crippen LogP contribution in [-0.2, 0) is 12.8 Å². The first-order chi connectivity index (χ1) is 34.6. The number of rotatable bonds is 15. The molecule has 3 nitrogen and oxygen atoms in total. The lowest BCUT2D eigenvalue weighted by atomic mass is 9.98. The van der Waals surface area contributed by atoms with Gasteiger partial charge >= 0.3 is 0 Å². The Morgan fingerprint density at radius 1 is 0.338 bits per heavy atom. The molecule has 0 amide bonds. The zero-order chi connectivity index (χ0) is 49.4. The summed E-state index contributed by atoms with van der Waals surface area (Å²) in [4.78, 5) is 4.83. The standard InChI is InChI=1S/C68H64N2O/c1-9-56-15-11-13-48(4)67(56)69(62-36-23-52(24-37-62)19-21-54-18-17-47(3)50(6)45-54)64-40-32-60(33-41-64)58-28-30-59(31-29-58)61-34-42-65(43-35-61)70(68-49(5)14-12-16-57(68)10-2)63-38-25-53(26-39-63)20-22-55-27-44-66(71-8)51(7)46-55/h11-46H,9-10H2,1-8H3/b21-19+,22-20+. The van der Waals surface area contributed by atoms with Gasteiger partial charge in [0.1, 0.15) is 5.75 Å². The van der Waals surface area contributed by atoms with E-state index in [4.69, 9.17) is 4.74 Å². The zero-order valence-electron chi connectivity index (χ0n) is 42.5. The van der Waals surface area contributed by atoms with Gasteiger partial charge in [-0.25, -0.2) is 0 Å². The summed E-state index contributed by atoms with van der Waals surface area (Å²) in [6, 6.07) is 71.0. The molecule has 352 valence electrons. The van der Waals surface area contributed by atoms with E-state index >= 15 is 0 Å². The lowest BCUT2D eigenvalue weighted by molar-refractivity contribution is 0.411. The van der Waals surface area contributed by atoms with Crippen molar-refractivity contribution in [1.82, 2.24) is 0 Å². The predicted molar refractivity (Wildman–Crippen MR) is 306 cm³/mol. The summed E-state index contributed by atoms with van der Waals surface area (Å²) in [5.74, 6) is 0.904. The maximum Gasteiger partial charge on any atom is 0.121 e. The summed E-state index contributed by atoms with van der Waals surface area (Å²) in [7, 11) is 1.71. The molecule has 0 aliphatic rings. The van der Waals surface area contributed by atoms with Gasteiger partial charge in [0.05, 0.1) is 18.5 Å². The molecule has 71 heavy (non-hydrogen) atoms. The number of nitrogens with zero attached hydrogens (tertiary/aromatic N) is 2. The van der Waals surface area contributed by atoms with E-state index < -0.39 is 0 Å². The topological polar surface area (TPSA) is 15.7 Å². The van der Waals surface area contributed by atoms with Crippen LogP contribution in [0, 0.1) is 34.6 Å². The number of hydrogen-bond donors (Lipinski definition) is 0. The summed E-state index contributed by atoms with van der Waals surface area (Å²) < 4.78 is 5.47. The second-order valence-corrected chi connectivity index (χ2v) is 18.6. The molecule has 0 aliphatic heterocycles. The van der Waals surface area contributed by atoms with Crippen LogP contribution >= 0.6 is 0 Å². The van der Waals surface area contributed by atoms with Gasteiger partial charge in [-0.05, 0) is 192 Å². The van der Waals surface area contributed by atoms with E-state index in [2.05, 4.69) is 271 Å². The molecule has 0 saturated heterocycles. The van der Waals surface area contributed by atoms with Gasteiger partial charge in [-0.3, -0.25) is 0 Å². The fourth-order valence-electron chi connectivity index (χ4n) is 9.65. The van der Waals surface area contributed by atoms with E-state index in [-0.39, 0.29) is 0 Å².